The molecule has 2 aliphatic rings. The molecule has 0 radical (unpaired) electrons. The summed E-state index contributed by atoms with van der Waals surface area (Å²) in [6.07, 6.45) is 1.95. The summed E-state index contributed by atoms with van der Waals surface area (Å²) in [6, 6.07) is 11.1. The third-order valence-corrected chi connectivity index (χ3v) is 8.00. The summed E-state index contributed by atoms with van der Waals surface area (Å²) in [5.74, 6) is -0.463. The first kappa shape index (κ1) is 21.9. The van der Waals surface area contributed by atoms with Gasteiger partial charge in [0.05, 0.1) is 4.90 Å². The molecule has 0 spiro atoms. The van der Waals surface area contributed by atoms with Gasteiger partial charge in [0.2, 0.25) is 15.9 Å². The van der Waals surface area contributed by atoms with E-state index in [0.717, 1.165) is 24.0 Å². The van der Waals surface area contributed by atoms with Crippen molar-refractivity contribution in [3.05, 3.63) is 65.0 Å². The Labute approximate surface area is 183 Å². The minimum atomic E-state index is -3.61. The minimum Gasteiger partial charge on any atom is -0.352 e. The molecule has 31 heavy (non-hydrogen) atoms. The molecule has 0 unspecified atom stereocenters. The van der Waals surface area contributed by atoms with E-state index in [2.05, 4.69) is 5.32 Å². The maximum atomic E-state index is 13.4. The summed E-state index contributed by atoms with van der Waals surface area (Å²) in [4.78, 5) is 15.3. The summed E-state index contributed by atoms with van der Waals surface area (Å²) in [6.45, 7) is 5.11. The van der Waals surface area contributed by atoms with Crippen molar-refractivity contribution in [1.29, 1.82) is 0 Å². The molecule has 8 heteroatoms. The van der Waals surface area contributed by atoms with Gasteiger partial charge in [0.1, 0.15) is 11.9 Å². The first-order chi connectivity index (χ1) is 14.8. The predicted molar refractivity (Wildman–Crippen MR) is 117 cm³/mol. The first-order valence-corrected chi connectivity index (χ1v) is 12.1. The molecule has 0 bridgehead atoms. The number of benzene rings is 2. The van der Waals surface area contributed by atoms with E-state index >= 15 is 0 Å². The third-order valence-electron chi connectivity index (χ3n) is 5.96. The standard InChI is InChI=1S/C23H28FN3O3S/c1-16-3-4-17(2)21(15-16)31(29,30)27-13-11-26(12-14-27)22(23(28)25-20-9-10-20)18-5-7-19(24)8-6-18/h3-8,15,20,22H,9-14H2,1-2H3,(H,25,28)/t22-/m0/s1. The summed E-state index contributed by atoms with van der Waals surface area (Å²) in [5, 5.41) is 3.04. The van der Waals surface area contributed by atoms with Gasteiger partial charge < -0.3 is 5.32 Å². The van der Waals surface area contributed by atoms with E-state index in [4.69, 9.17) is 0 Å². The lowest BCUT2D eigenvalue weighted by Crippen LogP contribution is -2.52. The lowest BCUT2D eigenvalue weighted by molar-refractivity contribution is -0.127. The number of nitrogens with one attached hydrogen (secondary N) is 1. The van der Waals surface area contributed by atoms with Crippen LogP contribution in [0, 0.1) is 19.7 Å². The third kappa shape index (κ3) is 4.81. The molecule has 1 saturated carbocycles. The SMILES string of the molecule is Cc1ccc(C)c(S(=O)(=O)N2CCN([C@H](C(=O)NC3CC3)c3ccc(F)cc3)CC2)c1. The number of amides is 1. The van der Waals surface area contributed by atoms with Gasteiger partial charge >= 0.3 is 0 Å². The molecule has 2 aromatic rings. The monoisotopic (exact) mass is 445 g/mol. The highest BCUT2D eigenvalue weighted by Gasteiger charge is 2.36. The molecule has 1 saturated heterocycles. The Bertz CT molecular complexity index is 1060. The van der Waals surface area contributed by atoms with Crippen LogP contribution in [0.3, 0.4) is 0 Å². The summed E-state index contributed by atoms with van der Waals surface area (Å²) >= 11 is 0. The number of sulfonamides is 1. The van der Waals surface area contributed by atoms with E-state index in [-0.39, 0.29) is 17.8 Å². The molecule has 1 atom stereocenters. The van der Waals surface area contributed by atoms with Crippen LogP contribution in [0.15, 0.2) is 47.4 Å². The molecule has 1 heterocycles. The van der Waals surface area contributed by atoms with Crippen LogP contribution in [-0.4, -0.2) is 55.8 Å². The number of nitrogens with zero attached hydrogens (tertiary/aromatic N) is 2. The van der Waals surface area contributed by atoms with Gasteiger partial charge in [0.15, 0.2) is 0 Å². The molecule has 6 nitrogen and oxygen atoms in total. The second-order valence-corrected chi connectivity index (χ2v) is 10.4. The second kappa shape index (κ2) is 8.68. The van der Waals surface area contributed by atoms with Crippen LogP contribution in [0.2, 0.25) is 0 Å². The van der Waals surface area contributed by atoms with Crippen molar-refractivity contribution >= 4 is 15.9 Å². The molecule has 2 fully saturated rings. The lowest BCUT2D eigenvalue weighted by atomic mass is 10.0. The van der Waals surface area contributed by atoms with Crippen molar-refractivity contribution < 1.29 is 17.6 Å². The normalized spacial score (nSPS) is 19.2. The van der Waals surface area contributed by atoms with Gasteiger partial charge in [-0.2, -0.15) is 4.31 Å². The van der Waals surface area contributed by atoms with Crippen LogP contribution in [0.1, 0.15) is 35.6 Å². The molecule has 0 aromatic heterocycles. The highest BCUT2D eigenvalue weighted by Crippen LogP contribution is 2.28. The van der Waals surface area contributed by atoms with Crippen LogP contribution < -0.4 is 5.32 Å². The molecule has 4 rings (SSSR count). The average Bonchev–Trinajstić information content (AvgIpc) is 3.56. The van der Waals surface area contributed by atoms with E-state index in [1.54, 1.807) is 25.1 Å². The maximum Gasteiger partial charge on any atom is 0.243 e. The van der Waals surface area contributed by atoms with Crippen LogP contribution >= 0.6 is 0 Å². The van der Waals surface area contributed by atoms with Gasteiger partial charge in [0.25, 0.3) is 0 Å². The number of carbonyl (C=O) groups excluding carboxylic acids is 1. The average molecular weight is 446 g/mol. The van der Waals surface area contributed by atoms with Crippen molar-refractivity contribution in [2.75, 3.05) is 26.2 Å². The Morgan fingerprint density at radius 2 is 1.68 bits per heavy atom. The number of aryl methyl sites for hydroxylation is 2. The minimum absolute atomic E-state index is 0.111. The van der Waals surface area contributed by atoms with Crippen molar-refractivity contribution in [1.82, 2.24) is 14.5 Å². The number of hydrogen-bond donors (Lipinski definition) is 1. The van der Waals surface area contributed by atoms with Gasteiger partial charge in [0, 0.05) is 32.2 Å². The van der Waals surface area contributed by atoms with E-state index in [0.29, 0.717) is 36.6 Å². The van der Waals surface area contributed by atoms with Crippen LogP contribution in [-0.2, 0) is 14.8 Å². The Morgan fingerprint density at radius 1 is 1.03 bits per heavy atom. The predicted octanol–water partition coefficient (Wildman–Crippen LogP) is 2.77. The maximum absolute atomic E-state index is 13.4. The van der Waals surface area contributed by atoms with Crippen molar-refractivity contribution in [2.24, 2.45) is 0 Å². The Hall–Kier alpha value is -2.29. The zero-order valence-electron chi connectivity index (χ0n) is 17.8. The van der Waals surface area contributed by atoms with Gasteiger partial charge in [-0.15, -0.1) is 0 Å². The molecular formula is C23H28FN3O3S. The Morgan fingerprint density at radius 3 is 2.29 bits per heavy atom. The van der Waals surface area contributed by atoms with Crippen molar-refractivity contribution in [3.8, 4) is 0 Å². The Balaban J connectivity index is 1.52. The quantitative estimate of drug-likeness (QED) is 0.742. The van der Waals surface area contributed by atoms with Gasteiger partial charge in [-0.25, -0.2) is 12.8 Å². The van der Waals surface area contributed by atoms with Gasteiger partial charge in [-0.3, -0.25) is 9.69 Å². The molecule has 1 aliphatic heterocycles. The second-order valence-electron chi connectivity index (χ2n) is 8.45. The summed E-state index contributed by atoms with van der Waals surface area (Å²) < 4.78 is 41.4. The van der Waals surface area contributed by atoms with E-state index < -0.39 is 16.1 Å². The highest BCUT2D eigenvalue weighted by atomic mass is 32.2. The number of piperazine rings is 1. The first-order valence-electron chi connectivity index (χ1n) is 10.6. The summed E-state index contributed by atoms with van der Waals surface area (Å²) in [5.41, 5.74) is 2.34. The molecule has 2 aromatic carbocycles. The van der Waals surface area contributed by atoms with Crippen molar-refractivity contribution in [3.63, 3.8) is 0 Å². The molecule has 1 N–H and O–H groups in total. The fourth-order valence-electron chi connectivity index (χ4n) is 4.01. The topological polar surface area (TPSA) is 69.7 Å². The van der Waals surface area contributed by atoms with Crippen molar-refractivity contribution in [2.45, 2.75) is 43.7 Å². The van der Waals surface area contributed by atoms with Gasteiger partial charge in [-0.05, 0) is 61.6 Å². The lowest BCUT2D eigenvalue weighted by Gasteiger charge is -2.38. The van der Waals surface area contributed by atoms with Crippen LogP contribution in [0.4, 0.5) is 4.39 Å². The Kier molecular flexibility index (Phi) is 6.14. The molecular weight excluding hydrogens is 417 g/mol. The number of hydrogen-bond acceptors (Lipinski definition) is 4. The number of halogens is 1. The molecule has 1 aliphatic carbocycles. The zero-order valence-corrected chi connectivity index (χ0v) is 18.7. The molecule has 1 amide bonds. The zero-order chi connectivity index (χ0) is 22.2. The number of carbonyl (C=O) groups is 1. The summed E-state index contributed by atoms with van der Waals surface area (Å²) in [7, 11) is -3.61. The smallest absolute Gasteiger partial charge is 0.243 e. The largest absolute Gasteiger partial charge is 0.352 e. The fraction of sp³-hybridized carbons (Fsp3) is 0.435. The fourth-order valence-corrected chi connectivity index (χ4v) is 5.74. The van der Waals surface area contributed by atoms with Crippen LogP contribution in [0.5, 0.6) is 0 Å². The van der Waals surface area contributed by atoms with E-state index in [1.165, 1.54) is 16.4 Å². The highest BCUT2D eigenvalue weighted by molar-refractivity contribution is 7.89. The number of rotatable bonds is 6. The van der Waals surface area contributed by atoms with E-state index in [9.17, 15) is 17.6 Å². The molecule has 166 valence electrons. The van der Waals surface area contributed by atoms with E-state index in [1.807, 2.05) is 24.0 Å². The van der Waals surface area contributed by atoms with Gasteiger partial charge in [-0.1, -0.05) is 24.3 Å². The van der Waals surface area contributed by atoms with Crippen LogP contribution in [0.25, 0.3) is 0 Å².